The predicted molar refractivity (Wildman–Crippen MR) is 126 cm³/mol. The summed E-state index contributed by atoms with van der Waals surface area (Å²) in [5.74, 6) is 0.578. The Labute approximate surface area is 188 Å². The number of nitrogens with zero attached hydrogens (tertiary/aromatic N) is 4. The maximum atomic E-state index is 13.4. The molecule has 1 heterocycles. The lowest BCUT2D eigenvalue weighted by Crippen LogP contribution is -2.38. The number of hydrogen-bond donors (Lipinski definition) is 1. The van der Waals surface area contributed by atoms with Crippen LogP contribution >= 0.6 is 24.0 Å². The first-order valence-electron chi connectivity index (χ1n) is 9.41. The Morgan fingerprint density at radius 1 is 1.14 bits per heavy atom. The molecule has 1 N–H and O–H groups in total. The summed E-state index contributed by atoms with van der Waals surface area (Å²) in [5.41, 5.74) is 3.27. The third-order valence-corrected chi connectivity index (χ3v) is 4.33. The highest BCUT2D eigenvalue weighted by Gasteiger charge is 2.07. The van der Waals surface area contributed by atoms with Crippen molar-refractivity contribution in [1.29, 1.82) is 0 Å². The van der Waals surface area contributed by atoms with Crippen molar-refractivity contribution in [2.45, 2.75) is 26.6 Å². The van der Waals surface area contributed by atoms with E-state index in [1.165, 1.54) is 11.6 Å². The Morgan fingerprint density at radius 2 is 1.90 bits per heavy atom. The Hall–Kier alpha value is -2.42. The minimum Gasteiger partial charge on any atom is -0.357 e. The molecule has 3 rings (SSSR count). The molecule has 5 nitrogen and oxygen atoms in total. The summed E-state index contributed by atoms with van der Waals surface area (Å²) < 4.78 is 15.5. The van der Waals surface area contributed by atoms with Gasteiger partial charge in [-0.05, 0) is 35.7 Å². The molecule has 2 aromatic carbocycles. The quantitative estimate of drug-likeness (QED) is 0.295. The molecule has 3 aromatic rings. The molecule has 0 saturated heterocycles. The first-order chi connectivity index (χ1) is 13.6. The van der Waals surface area contributed by atoms with Gasteiger partial charge in [0.1, 0.15) is 5.82 Å². The smallest absolute Gasteiger partial charge is 0.194 e. The third-order valence-electron chi connectivity index (χ3n) is 4.33. The van der Waals surface area contributed by atoms with Gasteiger partial charge in [0.25, 0.3) is 0 Å². The summed E-state index contributed by atoms with van der Waals surface area (Å²) in [4.78, 5) is 10.9. The molecule has 0 aliphatic rings. The van der Waals surface area contributed by atoms with E-state index in [2.05, 4.69) is 34.6 Å². The number of hydrogen-bond acceptors (Lipinski definition) is 2. The van der Waals surface area contributed by atoms with E-state index in [1.54, 1.807) is 18.3 Å². The topological polar surface area (TPSA) is 45.5 Å². The van der Waals surface area contributed by atoms with Gasteiger partial charge in [0.05, 0.1) is 12.9 Å². The van der Waals surface area contributed by atoms with Gasteiger partial charge in [0, 0.05) is 39.1 Å². The van der Waals surface area contributed by atoms with Crippen molar-refractivity contribution in [3.05, 3.63) is 89.8 Å². The molecule has 0 bridgehead atoms. The fourth-order valence-corrected chi connectivity index (χ4v) is 3.04. The highest BCUT2D eigenvalue weighted by atomic mass is 127. The maximum absolute atomic E-state index is 13.4. The lowest BCUT2D eigenvalue weighted by atomic mass is 10.1. The van der Waals surface area contributed by atoms with Crippen LogP contribution in [0.2, 0.25) is 0 Å². The van der Waals surface area contributed by atoms with Gasteiger partial charge < -0.3 is 14.8 Å². The Bertz CT molecular complexity index is 911. The second kappa shape index (κ2) is 11.5. The standard InChI is InChI=1S/C22H26FN5.HI/c1-3-25-22(27(2)15-20-8-5-9-21(23)13-20)26-14-18-6-4-7-19(12-18)16-28-11-10-24-17-28;/h4-13,17H,3,14-16H2,1-2H3,(H,25,26);1H. The van der Waals surface area contributed by atoms with Gasteiger partial charge in [-0.3, -0.25) is 0 Å². The molecular weight excluding hydrogens is 480 g/mol. The summed E-state index contributed by atoms with van der Waals surface area (Å²) in [6.07, 6.45) is 5.55. The van der Waals surface area contributed by atoms with Crippen LogP contribution in [0, 0.1) is 5.82 Å². The van der Waals surface area contributed by atoms with Gasteiger partial charge in [0.2, 0.25) is 0 Å². The Balaban J connectivity index is 0.00000300. The zero-order valence-electron chi connectivity index (χ0n) is 16.8. The molecule has 0 aliphatic carbocycles. The first-order valence-corrected chi connectivity index (χ1v) is 9.41. The van der Waals surface area contributed by atoms with Crippen molar-refractivity contribution in [3.8, 4) is 0 Å². The molecule has 7 heteroatoms. The van der Waals surface area contributed by atoms with Crippen LogP contribution in [0.4, 0.5) is 4.39 Å². The normalized spacial score (nSPS) is 11.1. The van der Waals surface area contributed by atoms with E-state index in [-0.39, 0.29) is 29.8 Å². The lowest BCUT2D eigenvalue weighted by molar-refractivity contribution is 0.474. The van der Waals surface area contributed by atoms with E-state index >= 15 is 0 Å². The van der Waals surface area contributed by atoms with E-state index in [9.17, 15) is 4.39 Å². The van der Waals surface area contributed by atoms with Gasteiger partial charge in [0.15, 0.2) is 5.96 Å². The Kier molecular flexibility index (Phi) is 9.11. The van der Waals surface area contributed by atoms with Gasteiger partial charge in [-0.2, -0.15) is 0 Å². The molecule has 0 atom stereocenters. The molecule has 0 saturated carbocycles. The number of aromatic nitrogens is 2. The number of nitrogens with one attached hydrogen (secondary N) is 1. The highest BCUT2D eigenvalue weighted by Crippen LogP contribution is 2.10. The number of imidazole rings is 1. The number of halogens is 2. The Morgan fingerprint density at radius 3 is 2.62 bits per heavy atom. The van der Waals surface area contributed by atoms with E-state index in [1.807, 2.05) is 42.0 Å². The van der Waals surface area contributed by atoms with Gasteiger partial charge in [-0.1, -0.05) is 36.4 Å². The molecule has 0 radical (unpaired) electrons. The SMILES string of the molecule is CCNC(=NCc1cccc(Cn2ccnc2)c1)N(C)Cc1cccc(F)c1.I. The largest absolute Gasteiger partial charge is 0.357 e. The summed E-state index contributed by atoms with van der Waals surface area (Å²) in [6, 6.07) is 15.1. The van der Waals surface area contributed by atoms with Crippen molar-refractivity contribution in [3.63, 3.8) is 0 Å². The second-order valence-electron chi connectivity index (χ2n) is 6.71. The van der Waals surface area contributed by atoms with Crippen LogP contribution < -0.4 is 5.32 Å². The van der Waals surface area contributed by atoms with Gasteiger partial charge in [-0.25, -0.2) is 14.4 Å². The summed E-state index contributed by atoms with van der Waals surface area (Å²) in [6.45, 7) is 4.76. The average molecular weight is 507 g/mol. The number of rotatable bonds is 7. The predicted octanol–water partition coefficient (Wildman–Crippen LogP) is 4.29. The highest BCUT2D eigenvalue weighted by molar-refractivity contribution is 14.0. The van der Waals surface area contributed by atoms with Crippen molar-refractivity contribution >= 4 is 29.9 Å². The van der Waals surface area contributed by atoms with Crippen LogP contribution in [0.3, 0.4) is 0 Å². The minimum atomic E-state index is -0.220. The summed E-state index contributed by atoms with van der Waals surface area (Å²) in [5, 5.41) is 3.31. The fraction of sp³-hybridized carbons (Fsp3) is 0.273. The van der Waals surface area contributed by atoms with Gasteiger partial charge in [-0.15, -0.1) is 24.0 Å². The van der Waals surface area contributed by atoms with Gasteiger partial charge >= 0.3 is 0 Å². The molecule has 0 fully saturated rings. The van der Waals surface area contributed by atoms with E-state index < -0.39 is 0 Å². The zero-order chi connectivity index (χ0) is 19.8. The van der Waals surface area contributed by atoms with Crippen molar-refractivity contribution in [2.24, 2.45) is 4.99 Å². The van der Waals surface area contributed by atoms with Crippen LogP contribution in [0.5, 0.6) is 0 Å². The van der Waals surface area contributed by atoms with Crippen molar-refractivity contribution < 1.29 is 4.39 Å². The second-order valence-corrected chi connectivity index (χ2v) is 6.71. The molecule has 29 heavy (non-hydrogen) atoms. The third kappa shape index (κ3) is 7.16. The monoisotopic (exact) mass is 507 g/mol. The number of guanidine groups is 1. The molecular formula is C22H27FIN5. The molecule has 0 amide bonds. The summed E-state index contributed by atoms with van der Waals surface area (Å²) >= 11 is 0. The maximum Gasteiger partial charge on any atom is 0.194 e. The van der Waals surface area contributed by atoms with E-state index in [0.29, 0.717) is 13.1 Å². The van der Waals surface area contributed by atoms with Crippen LogP contribution in [-0.2, 0) is 19.6 Å². The molecule has 1 aromatic heterocycles. The van der Waals surface area contributed by atoms with E-state index in [4.69, 9.17) is 4.99 Å². The zero-order valence-corrected chi connectivity index (χ0v) is 19.1. The van der Waals surface area contributed by atoms with Crippen molar-refractivity contribution in [1.82, 2.24) is 19.8 Å². The number of aliphatic imine (C=N–C) groups is 1. The average Bonchev–Trinajstić information content (AvgIpc) is 3.18. The van der Waals surface area contributed by atoms with Crippen LogP contribution in [0.15, 0.2) is 72.2 Å². The minimum absolute atomic E-state index is 0. The molecule has 154 valence electrons. The number of benzene rings is 2. The van der Waals surface area contributed by atoms with Crippen LogP contribution in [0.25, 0.3) is 0 Å². The molecule has 0 spiro atoms. The lowest BCUT2D eigenvalue weighted by Gasteiger charge is -2.22. The fourth-order valence-electron chi connectivity index (χ4n) is 3.04. The van der Waals surface area contributed by atoms with Crippen LogP contribution in [-0.4, -0.2) is 34.0 Å². The first kappa shape index (κ1) is 22.9. The molecule has 0 aliphatic heterocycles. The van der Waals surface area contributed by atoms with Crippen molar-refractivity contribution in [2.75, 3.05) is 13.6 Å². The van der Waals surface area contributed by atoms with E-state index in [0.717, 1.165) is 30.2 Å². The van der Waals surface area contributed by atoms with Crippen LogP contribution in [0.1, 0.15) is 23.6 Å². The summed E-state index contributed by atoms with van der Waals surface area (Å²) in [7, 11) is 1.96. The molecule has 0 unspecified atom stereocenters.